The van der Waals surface area contributed by atoms with Gasteiger partial charge in [0.2, 0.25) is 0 Å². The Balaban J connectivity index is 1.09. The minimum Gasteiger partial charge on any atom is -0.309 e. The minimum atomic E-state index is 1.12. The summed E-state index contributed by atoms with van der Waals surface area (Å²) < 4.78 is 5.21. The maximum atomic E-state index is 2.50. The van der Waals surface area contributed by atoms with Crippen LogP contribution in [0.3, 0.4) is 0 Å². The topological polar surface area (TPSA) is 3.24 Å². The highest BCUT2D eigenvalue weighted by atomic mass is 32.1. The Hall–Kier alpha value is -6.52. The fraction of sp³-hybridized carbons (Fsp3) is 0. The molecule has 258 valence electrons. The van der Waals surface area contributed by atoms with Crippen LogP contribution in [0.1, 0.15) is 0 Å². The quantitative estimate of drug-likeness (QED) is 0.164. The van der Waals surface area contributed by atoms with Crippen LogP contribution in [0.15, 0.2) is 200 Å². The highest BCUT2D eigenvalue weighted by Gasteiger charge is 2.23. The zero-order valence-corrected chi connectivity index (χ0v) is 31.4. The molecule has 11 aromatic rings. The highest BCUT2D eigenvalue weighted by Crippen LogP contribution is 2.49. The Bertz CT molecular complexity index is 3220. The van der Waals surface area contributed by atoms with Crippen LogP contribution in [0, 0.1) is 0 Å². The van der Waals surface area contributed by atoms with Gasteiger partial charge in [-0.25, -0.2) is 0 Å². The number of thiophene rings is 2. The van der Waals surface area contributed by atoms with Crippen LogP contribution in [-0.4, -0.2) is 0 Å². The van der Waals surface area contributed by atoms with E-state index >= 15 is 0 Å². The van der Waals surface area contributed by atoms with Gasteiger partial charge in [0, 0.05) is 57.2 Å². The lowest BCUT2D eigenvalue weighted by Gasteiger charge is -2.29. The summed E-state index contributed by atoms with van der Waals surface area (Å²) in [6, 6.07) is 73.5. The molecule has 3 heteroatoms. The van der Waals surface area contributed by atoms with Crippen molar-refractivity contribution in [2.75, 3.05) is 4.90 Å². The fourth-order valence-electron chi connectivity index (χ4n) is 8.25. The molecule has 0 spiro atoms. The van der Waals surface area contributed by atoms with Gasteiger partial charge in [-0.3, -0.25) is 0 Å². The second-order valence-corrected chi connectivity index (χ2v) is 16.2. The molecule has 0 aliphatic heterocycles. The van der Waals surface area contributed by atoms with Crippen LogP contribution in [0.4, 0.5) is 17.1 Å². The van der Waals surface area contributed by atoms with Crippen molar-refractivity contribution in [3.8, 4) is 33.4 Å². The summed E-state index contributed by atoms with van der Waals surface area (Å²) in [6.45, 7) is 0. The molecule has 0 saturated carbocycles. The van der Waals surface area contributed by atoms with Gasteiger partial charge in [-0.1, -0.05) is 152 Å². The van der Waals surface area contributed by atoms with Gasteiger partial charge in [-0.05, 0) is 81.6 Å². The molecule has 0 saturated heterocycles. The van der Waals surface area contributed by atoms with E-state index in [2.05, 4.69) is 205 Å². The Morgan fingerprint density at radius 2 is 0.909 bits per heavy atom. The first-order chi connectivity index (χ1) is 27.3. The number of nitrogens with zero attached hydrogens (tertiary/aromatic N) is 1. The van der Waals surface area contributed by atoms with E-state index in [1.54, 1.807) is 0 Å². The van der Waals surface area contributed by atoms with Gasteiger partial charge in [0.1, 0.15) is 0 Å². The van der Waals surface area contributed by atoms with Crippen molar-refractivity contribution in [1.29, 1.82) is 0 Å². The number of hydrogen-bond acceptors (Lipinski definition) is 3. The van der Waals surface area contributed by atoms with Crippen molar-refractivity contribution in [3.63, 3.8) is 0 Å². The Morgan fingerprint density at radius 3 is 1.76 bits per heavy atom. The third-order valence-corrected chi connectivity index (χ3v) is 13.2. The van der Waals surface area contributed by atoms with Crippen molar-refractivity contribution in [1.82, 2.24) is 0 Å². The average Bonchev–Trinajstić information content (AvgIpc) is 3.83. The molecule has 0 amide bonds. The van der Waals surface area contributed by atoms with E-state index in [-0.39, 0.29) is 0 Å². The number of fused-ring (bicyclic) bond motifs is 7. The zero-order chi connectivity index (χ0) is 36.3. The van der Waals surface area contributed by atoms with Gasteiger partial charge >= 0.3 is 0 Å². The lowest BCUT2D eigenvalue weighted by molar-refractivity contribution is 1.30. The molecule has 0 aliphatic carbocycles. The monoisotopic (exact) mass is 735 g/mol. The molecule has 0 unspecified atom stereocenters. The predicted octanol–water partition coefficient (Wildman–Crippen LogP) is 16.0. The molecule has 0 N–H and O–H groups in total. The van der Waals surface area contributed by atoms with E-state index < -0.39 is 0 Å². The van der Waals surface area contributed by atoms with Crippen molar-refractivity contribution >= 4 is 90.9 Å². The molecule has 0 atom stereocenters. The number of para-hydroxylation sites is 1. The average molecular weight is 736 g/mol. The Kier molecular flexibility index (Phi) is 7.61. The van der Waals surface area contributed by atoms with Gasteiger partial charge in [-0.15, -0.1) is 22.7 Å². The van der Waals surface area contributed by atoms with Gasteiger partial charge < -0.3 is 4.90 Å². The molecular weight excluding hydrogens is 703 g/mol. The molecule has 0 radical (unpaired) electrons. The van der Waals surface area contributed by atoms with Crippen molar-refractivity contribution in [3.05, 3.63) is 200 Å². The van der Waals surface area contributed by atoms with Gasteiger partial charge in [0.15, 0.2) is 0 Å². The summed E-state index contributed by atoms with van der Waals surface area (Å²) in [4.78, 5) is 2.50. The standard InChI is InChI=1S/C52H33NS2/c1-2-13-37-32-39(31-30-34(37)12-1)36-28-26-35(27-29-36)38-14-9-15-40(33-38)53(47-22-11-25-50-51(47)45-18-5-8-24-49(45)54-50)46-21-6-3-16-41(46)43-19-10-20-44-42-17-4-7-23-48(42)55-52(43)44/h1-33H. The first kappa shape index (κ1) is 32.0. The second-order valence-electron chi connectivity index (χ2n) is 14.1. The van der Waals surface area contributed by atoms with Gasteiger partial charge in [-0.2, -0.15) is 0 Å². The van der Waals surface area contributed by atoms with Crippen LogP contribution < -0.4 is 4.90 Å². The van der Waals surface area contributed by atoms with E-state index in [4.69, 9.17) is 0 Å². The molecule has 11 rings (SSSR count). The molecule has 0 bridgehead atoms. The molecule has 9 aromatic carbocycles. The zero-order valence-electron chi connectivity index (χ0n) is 29.8. The van der Waals surface area contributed by atoms with Crippen molar-refractivity contribution in [2.45, 2.75) is 0 Å². The summed E-state index contributed by atoms with van der Waals surface area (Å²) in [5.74, 6) is 0. The molecular formula is C52H33NS2. The third-order valence-electron chi connectivity index (χ3n) is 10.9. The lowest BCUT2D eigenvalue weighted by Crippen LogP contribution is -2.11. The van der Waals surface area contributed by atoms with E-state index in [0.717, 1.165) is 11.4 Å². The number of rotatable bonds is 6. The summed E-state index contributed by atoms with van der Waals surface area (Å²) in [7, 11) is 0. The maximum absolute atomic E-state index is 2.50. The van der Waals surface area contributed by atoms with Crippen LogP contribution in [0.25, 0.3) is 84.5 Å². The third kappa shape index (κ3) is 5.43. The fourth-order valence-corrected chi connectivity index (χ4v) is 10.6. The predicted molar refractivity (Wildman–Crippen MR) is 241 cm³/mol. The van der Waals surface area contributed by atoms with Crippen LogP contribution in [0.5, 0.6) is 0 Å². The van der Waals surface area contributed by atoms with E-state index in [9.17, 15) is 0 Å². The second kappa shape index (κ2) is 13.1. The molecule has 1 nitrogen and oxygen atoms in total. The smallest absolute Gasteiger partial charge is 0.0555 e. The van der Waals surface area contributed by atoms with Gasteiger partial charge in [0.05, 0.1) is 11.4 Å². The lowest BCUT2D eigenvalue weighted by atomic mass is 9.97. The van der Waals surface area contributed by atoms with Crippen LogP contribution in [-0.2, 0) is 0 Å². The van der Waals surface area contributed by atoms with E-state index in [1.165, 1.54) is 90.2 Å². The van der Waals surface area contributed by atoms with Crippen molar-refractivity contribution < 1.29 is 0 Å². The largest absolute Gasteiger partial charge is 0.309 e. The first-order valence-electron chi connectivity index (χ1n) is 18.7. The number of benzene rings is 9. The maximum Gasteiger partial charge on any atom is 0.0555 e. The minimum absolute atomic E-state index is 1.12. The summed E-state index contributed by atoms with van der Waals surface area (Å²) in [6.07, 6.45) is 0. The highest BCUT2D eigenvalue weighted by molar-refractivity contribution is 7.26. The van der Waals surface area contributed by atoms with Crippen LogP contribution in [0.2, 0.25) is 0 Å². The normalized spacial score (nSPS) is 11.6. The molecule has 0 fully saturated rings. The molecule has 2 heterocycles. The summed E-state index contributed by atoms with van der Waals surface area (Å²) in [5.41, 5.74) is 10.7. The Morgan fingerprint density at radius 1 is 0.327 bits per heavy atom. The molecule has 0 aliphatic rings. The number of hydrogen-bond donors (Lipinski definition) is 0. The molecule has 2 aromatic heterocycles. The van der Waals surface area contributed by atoms with Crippen molar-refractivity contribution in [2.24, 2.45) is 0 Å². The van der Waals surface area contributed by atoms with E-state index in [0.29, 0.717) is 0 Å². The summed E-state index contributed by atoms with van der Waals surface area (Å²) >= 11 is 3.75. The van der Waals surface area contributed by atoms with Gasteiger partial charge in [0.25, 0.3) is 0 Å². The SMILES string of the molecule is c1cc(-c2ccc(-c3ccc4ccccc4c3)cc2)cc(N(c2ccccc2-c2cccc3c2sc2ccccc23)c2cccc3sc4ccccc4c23)c1. The summed E-state index contributed by atoms with van der Waals surface area (Å²) in [5, 5.41) is 7.70. The number of anilines is 3. The Labute approximate surface area is 327 Å². The van der Waals surface area contributed by atoms with E-state index in [1.807, 2.05) is 22.7 Å². The molecule has 55 heavy (non-hydrogen) atoms. The van der Waals surface area contributed by atoms with Crippen LogP contribution >= 0.6 is 22.7 Å². The first-order valence-corrected chi connectivity index (χ1v) is 20.3.